The molecule has 13 heavy (non-hydrogen) atoms. The van der Waals surface area contributed by atoms with E-state index < -0.39 is 9.28 Å². The van der Waals surface area contributed by atoms with Crippen LogP contribution in [0.25, 0.3) is 0 Å². The predicted octanol–water partition coefficient (Wildman–Crippen LogP) is 1.74. The van der Waals surface area contributed by atoms with Crippen molar-refractivity contribution in [1.29, 1.82) is 5.26 Å². The molecule has 0 spiro atoms. The number of hydrogen-bond acceptors (Lipinski definition) is 4. The van der Waals surface area contributed by atoms with Gasteiger partial charge in [0.2, 0.25) is 0 Å². The number of rotatable bonds is 7. The molecule has 0 aliphatic rings. The summed E-state index contributed by atoms with van der Waals surface area (Å²) in [7, 11) is 2.03. The lowest BCUT2D eigenvalue weighted by molar-refractivity contribution is 0.274. The van der Waals surface area contributed by atoms with Crippen molar-refractivity contribution in [2.24, 2.45) is 5.92 Å². The fourth-order valence-corrected chi connectivity index (χ4v) is 3.05. The monoisotopic (exact) mass is 219 g/mol. The third kappa shape index (κ3) is 7.08. The first-order valence-corrected chi connectivity index (χ1v) is 7.05. The fraction of sp³-hybridized carbons (Fsp3) is 0.875. The normalized spacial score (nSPS) is 12.8. The van der Waals surface area contributed by atoms with Gasteiger partial charge in [-0.25, -0.2) is 0 Å². The van der Waals surface area contributed by atoms with Crippen LogP contribution in [-0.4, -0.2) is 29.3 Å². The lowest BCUT2D eigenvalue weighted by Gasteiger charge is -2.13. The zero-order valence-corrected chi connectivity index (χ0v) is 10.4. The van der Waals surface area contributed by atoms with Crippen LogP contribution in [0.1, 0.15) is 13.3 Å². The predicted molar refractivity (Wildman–Crippen MR) is 57.8 cm³/mol. The molecule has 0 bridgehead atoms. The molecule has 0 saturated heterocycles. The maximum absolute atomic E-state index is 8.36. The van der Waals surface area contributed by atoms with E-state index in [4.69, 9.17) is 14.1 Å². The Morgan fingerprint density at radius 1 is 1.46 bits per heavy atom. The lowest BCUT2D eigenvalue weighted by Crippen LogP contribution is -2.19. The number of nitrogens with zero attached hydrogens (tertiary/aromatic N) is 1. The molecule has 0 aromatic heterocycles. The van der Waals surface area contributed by atoms with Crippen molar-refractivity contribution < 1.29 is 8.85 Å². The molecule has 0 N–H and O–H groups in total. The van der Waals surface area contributed by atoms with E-state index in [2.05, 4.69) is 12.3 Å². The Bertz CT molecular complexity index is 159. The van der Waals surface area contributed by atoms with E-state index in [0.717, 1.165) is 18.2 Å². The minimum absolute atomic E-state index is 0.574. The standard InChI is InChI=1S/C8H17NO2SSi/c1-8(6-12-7-9)4-5-13(10-2)11-3/h8,13H,4-6H2,1-3H3. The van der Waals surface area contributed by atoms with Crippen LogP contribution < -0.4 is 0 Å². The van der Waals surface area contributed by atoms with Gasteiger partial charge in [0.1, 0.15) is 5.40 Å². The molecule has 5 heteroatoms. The van der Waals surface area contributed by atoms with Gasteiger partial charge in [0.15, 0.2) is 0 Å². The Hall–Kier alpha value is -0.0231. The average Bonchev–Trinajstić information content (AvgIpc) is 2.16. The largest absolute Gasteiger partial charge is 0.400 e. The van der Waals surface area contributed by atoms with Gasteiger partial charge >= 0.3 is 9.28 Å². The van der Waals surface area contributed by atoms with Gasteiger partial charge < -0.3 is 8.85 Å². The van der Waals surface area contributed by atoms with Gasteiger partial charge in [0, 0.05) is 20.0 Å². The summed E-state index contributed by atoms with van der Waals surface area (Å²) in [6, 6.07) is 1.03. The quantitative estimate of drug-likeness (QED) is 0.483. The van der Waals surface area contributed by atoms with E-state index >= 15 is 0 Å². The number of hydrogen-bond donors (Lipinski definition) is 0. The van der Waals surface area contributed by atoms with Crippen LogP contribution in [0.5, 0.6) is 0 Å². The van der Waals surface area contributed by atoms with Crippen LogP contribution >= 0.6 is 11.8 Å². The Morgan fingerprint density at radius 3 is 2.54 bits per heavy atom. The van der Waals surface area contributed by atoms with Gasteiger partial charge in [-0.1, -0.05) is 6.92 Å². The molecular formula is C8H17NO2SSi. The Kier molecular flexibility index (Phi) is 8.55. The Balaban J connectivity index is 3.45. The molecule has 0 aliphatic carbocycles. The highest BCUT2D eigenvalue weighted by atomic mass is 32.2. The number of thioether (sulfide) groups is 1. The fourth-order valence-electron chi connectivity index (χ4n) is 1.02. The van der Waals surface area contributed by atoms with Crippen molar-refractivity contribution in [3.8, 4) is 5.40 Å². The van der Waals surface area contributed by atoms with Crippen LogP contribution in [0.4, 0.5) is 0 Å². The van der Waals surface area contributed by atoms with E-state index in [1.54, 1.807) is 14.2 Å². The van der Waals surface area contributed by atoms with E-state index in [0.29, 0.717) is 5.92 Å². The van der Waals surface area contributed by atoms with Crippen LogP contribution in [-0.2, 0) is 8.85 Å². The zero-order valence-electron chi connectivity index (χ0n) is 8.45. The van der Waals surface area contributed by atoms with Crippen LogP contribution in [0.3, 0.4) is 0 Å². The van der Waals surface area contributed by atoms with Gasteiger partial charge in [0.05, 0.1) is 0 Å². The molecule has 0 saturated carbocycles. The second-order valence-corrected chi connectivity index (χ2v) is 6.17. The molecule has 0 heterocycles. The highest BCUT2D eigenvalue weighted by Crippen LogP contribution is 2.14. The van der Waals surface area contributed by atoms with Gasteiger partial charge in [-0.15, -0.1) is 0 Å². The summed E-state index contributed by atoms with van der Waals surface area (Å²) in [6.45, 7) is 2.15. The summed E-state index contributed by atoms with van der Waals surface area (Å²) in [5.41, 5.74) is 0. The molecule has 1 atom stereocenters. The van der Waals surface area contributed by atoms with Crippen molar-refractivity contribution in [3.63, 3.8) is 0 Å². The molecule has 0 amide bonds. The SMILES string of the molecule is CO[SiH](CCC(C)CSC#N)OC. The van der Waals surface area contributed by atoms with Gasteiger partial charge in [-0.3, -0.25) is 0 Å². The first-order chi connectivity index (χ1) is 6.24. The second-order valence-electron chi connectivity index (χ2n) is 2.99. The van der Waals surface area contributed by atoms with Crippen LogP contribution in [0, 0.1) is 16.6 Å². The maximum Gasteiger partial charge on any atom is 0.320 e. The molecule has 1 unspecified atom stereocenters. The molecule has 0 aromatic rings. The molecule has 0 rings (SSSR count). The molecular weight excluding hydrogens is 202 g/mol. The molecule has 3 nitrogen and oxygen atoms in total. The highest BCUT2D eigenvalue weighted by Gasteiger charge is 2.11. The molecule has 0 radical (unpaired) electrons. The van der Waals surface area contributed by atoms with Crippen molar-refractivity contribution in [1.82, 2.24) is 0 Å². The summed E-state index contributed by atoms with van der Waals surface area (Å²) in [4.78, 5) is 0. The van der Waals surface area contributed by atoms with Gasteiger partial charge in [0.25, 0.3) is 0 Å². The smallest absolute Gasteiger partial charge is 0.320 e. The molecule has 0 aromatic carbocycles. The minimum Gasteiger partial charge on any atom is -0.400 e. The average molecular weight is 219 g/mol. The second kappa shape index (κ2) is 8.57. The first-order valence-electron chi connectivity index (χ1n) is 4.31. The Morgan fingerprint density at radius 2 is 2.08 bits per heavy atom. The van der Waals surface area contributed by atoms with Crippen molar-refractivity contribution in [3.05, 3.63) is 0 Å². The van der Waals surface area contributed by atoms with E-state index in [1.165, 1.54) is 11.8 Å². The van der Waals surface area contributed by atoms with Gasteiger partial charge in [-0.05, 0) is 30.1 Å². The van der Waals surface area contributed by atoms with Crippen molar-refractivity contribution >= 4 is 21.0 Å². The topological polar surface area (TPSA) is 42.2 Å². The van der Waals surface area contributed by atoms with Crippen LogP contribution in [0.2, 0.25) is 6.04 Å². The van der Waals surface area contributed by atoms with Crippen molar-refractivity contribution in [2.45, 2.75) is 19.4 Å². The van der Waals surface area contributed by atoms with Crippen LogP contribution in [0.15, 0.2) is 0 Å². The van der Waals surface area contributed by atoms with Crippen molar-refractivity contribution in [2.75, 3.05) is 20.0 Å². The molecule has 0 aliphatic heterocycles. The Labute approximate surface area is 86.3 Å². The summed E-state index contributed by atoms with van der Waals surface area (Å²) >= 11 is 1.32. The summed E-state index contributed by atoms with van der Waals surface area (Å²) < 4.78 is 10.4. The molecule has 0 fully saturated rings. The van der Waals surface area contributed by atoms with E-state index in [1.807, 2.05) is 0 Å². The van der Waals surface area contributed by atoms with E-state index in [9.17, 15) is 0 Å². The lowest BCUT2D eigenvalue weighted by atomic mass is 10.2. The third-order valence-electron chi connectivity index (χ3n) is 1.85. The minimum atomic E-state index is -1.37. The summed E-state index contributed by atoms with van der Waals surface area (Å²) in [6.07, 6.45) is 1.09. The number of thiocyanates is 1. The zero-order chi connectivity index (χ0) is 10.1. The number of nitriles is 1. The summed E-state index contributed by atoms with van der Waals surface area (Å²) in [5.74, 6) is 1.48. The highest BCUT2D eigenvalue weighted by molar-refractivity contribution is 8.03. The summed E-state index contributed by atoms with van der Waals surface area (Å²) in [5, 5.41) is 10.4. The third-order valence-corrected chi connectivity index (χ3v) is 4.57. The first kappa shape index (κ1) is 13.0. The molecule has 76 valence electrons. The van der Waals surface area contributed by atoms with E-state index in [-0.39, 0.29) is 0 Å². The maximum atomic E-state index is 8.36. The van der Waals surface area contributed by atoms with Gasteiger partial charge in [-0.2, -0.15) is 5.26 Å².